The zero-order chi connectivity index (χ0) is 14.9. The van der Waals surface area contributed by atoms with Crippen molar-refractivity contribution in [3.05, 3.63) is 34.5 Å². The number of anilines is 1. The number of nitrogens with zero attached hydrogens (tertiary/aromatic N) is 2. The largest absolute Gasteiger partial charge is 0.478 e. The lowest BCUT2D eigenvalue weighted by Gasteiger charge is -2.33. The third-order valence-electron chi connectivity index (χ3n) is 3.52. The van der Waals surface area contributed by atoms with Crippen LogP contribution >= 0.6 is 11.6 Å². The summed E-state index contributed by atoms with van der Waals surface area (Å²) in [5, 5.41) is 9.28. The third kappa shape index (κ3) is 3.31. The normalized spacial score (nSPS) is 16.0. The first-order valence-corrected chi connectivity index (χ1v) is 7.00. The van der Waals surface area contributed by atoms with E-state index in [1.807, 2.05) is 4.90 Å². The standard InChI is InChI=1S/C15H19ClN2O2/c1-15(2,3)11-4-6-18(7-5-11)13-9-10(14(19)20)8-12(16)17-13/h4,8-9H,5-7H2,1-3H3,(H,19,20). The molecule has 0 radical (unpaired) electrons. The Morgan fingerprint density at radius 3 is 2.60 bits per heavy atom. The molecule has 0 fully saturated rings. The van der Waals surface area contributed by atoms with E-state index in [1.165, 1.54) is 11.6 Å². The Morgan fingerprint density at radius 2 is 2.10 bits per heavy atom. The predicted molar refractivity (Wildman–Crippen MR) is 80.6 cm³/mol. The summed E-state index contributed by atoms with van der Waals surface area (Å²) < 4.78 is 0. The smallest absolute Gasteiger partial charge is 0.335 e. The summed E-state index contributed by atoms with van der Waals surface area (Å²) in [6.45, 7) is 8.17. The summed E-state index contributed by atoms with van der Waals surface area (Å²) >= 11 is 5.90. The van der Waals surface area contributed by atoms with Crippen LogP contribution in [-0.2, 0) is 0 Å². The molecule has 0 bridgehead atoms. The number of halogens is 1. The SMILES string of the molecule is CC(C)(C)C1=CCN(c2cc(C(=O)O)cc(Cl)n2)CC1. The van der Waals surface area contributed by atoms with E-state index in [0.717, 1.165) is 19.5 Å². The van der Waals surface area contributed by atoms with Crippen molar-refractivity contribution in [3.8, 4) is 0 Å². The van der Waals surface area contributed by atoms with Crippen molar-refractivity contribution in [3.63, 3.8) is 0 Å². The van der Waals surface area contributed by atoms with E-state index in [-0.39, 0.29) is 16.1 Å². The van der Waals surface area contributed by atoms with Crippen molar-refractivity contribution in [1.29, 1.82) is 0 Å². The van der Waals surface area contributed by atoms with Gasteiger partial charge in [-0.25, -0.2) is 9.78 Å². The van der Waals surface area contributed by atoms with Gasteiger partial charge in [0.2, 0.25) is 0 Å². The molecule has 0 spiro atoms. The second-order valence-corrected chi connectivity index (χ2v) is 6.40. The van der Waals surface area contributed by atoms with Crippen LogP contribution in [0.3, 0.4) is 0 Å². The first kappa shape index (κ1) is 14.9. The molecule has 5 heteroatoms. The second-order valence-electron chi connectivity index (χ2n) is 6.02. The number of rotatable bonds is 2. The number of aromatic nitrogens is 1. The van der Waals surface area contributed by atoms with Crippen molar-refractivity contribution in [1.82, 2.24) is 4.98 Å². The van der Waals surface area contributed by atoms with Crippen molar-refractivity contribution in [2.24, 2.45) is 5.41 Å². The fraction of sp³-hybridized carbons (Fsp3) is 0.467. The zero-order valence-electron chi connectivity index (χ0n) is 12.0. The number of hydrogen-bond acceptors (Lipinski definition) is 3. The van der Waals surface area contributed by atoms with Gasteiger partial charge in [-0.3, -0.25) is 0 Å². The van der Waals surface area contributed by atoms with Crippen LogP contribution in [-0.4, -0.2) is 29.1 Å². The van der Waals surface area contributed by atoms with E-state index < -0.39 is 5.97 Å². The molecule has 4 nitrogen and oxygen atoms in total. The van der Waals surface area contributed by atoms with Crippen molar-refractivity contribution in [2.45, 2.75) is 27.2 Å². The topological polar surface area (TPSA) is 53.4 Å². The quantitative estimate of drug-likeness (QED) is 0.668. The maximum Gasteiger partial charge on any atom is 0.335 e. The van der Waals surface area contributed by atoms with Gasteiger partial charge in [0.05, 0.1) is 5.56 Å². The van der Waals surface area contributed by atoms with Gasteiger partial charge in [0.25, 0.3) is 0 Å². The van der Waals surface area contributed by atoms with Crippen LogP contribution in [0.25, 0.3) is 0 Å². The molecule has 0 amide bonds. The van der Waals surface area contributed by atoms with Crippen LogP contribution < -0.4 is 4.90 Å². The van der Waals surface area contributed by atoms with Gasteiger partial charge in [0.1, 0.15) is 11.0 Å². The lowest BCUT2D eigenvalue weighted by molar-refractivity contribution is 0.0697. The minimum absolute atomic E-state index is 0.172. The van der Waals surface area contributed by atoms with Crippen molar-refractivity contribution >= 4 is 23.4 Å². The van der Waals surface area contributed by atoms with E-state index in [2.05, 4.69) is 31.8 Å². The van der Waals surface area contributed by atoms with E-state index in [4.69, 9.17) is 16.7 Å². The lowest BCUT2D eigenvalue weighted by atomic mass is 9.83. The zero-order valence-corrected chi connectivity index (χ0v) is 12.7. The number of carboxylic acid groups (broad SMARTS) is 1. The Hall–Kier alpha value is -1.55. The van der Waals surface area contributed by atoms with Crippen LogP contribution in [0.4, 0.5) is 5.82 Å². The Morgan fingerprint density at radius 1 is 1.40 bits per heavy atom. The maximum atomic E-state index is 11.1. The van der Waals surface area contributed by atoms with E-state index in [0.29, 0.717) is 5.82 Å². The Kier molecular flexibility index (Phi) is 4.04. The molecule has 0 saturated carbocycles. The average Bonchev–Trinajstić information content (AvgIpc) is 2.37. The van der Waals surface area contributed by atoms with Gasteiger partial charge in [-0.05, 0) is 24.0 Å². The molecule has 2 heterocycles. The lowest BCUT2D eigenvalue weighted by Crippen LogP contribution is -2.32. The highest BCUT2D eigenvalue weighted by molar-refractivity contribution is 6.29. The summed E-state index contributed by atoms with van der Waals surface area (Å²) in [4.78, 5) is 17.3. The Balaban J connectivity index is 2.23. The third-order valence-corrected chi connectivity index (χ3v) is 3.72. The van der Waals surface area contributed by atoms with Gasteiger partial charge >= 0.3 is 5.97 Å². The summed E-state index contributed by atoms with van der Waals surface area (Å²) in [6.07, 6.45) is 3.16. The molecular weight excluding hydrogens is 276 g/mol. The number of pyridine rings is 1. The molecule has 0 saturated heterocycles. The van der Waals surface area contributed by atoms with Crippen LogP contribution in [0.5, 0.6) is 0 Å². The van der Waals surface area contributed by atoms with Crippen LogP contribution in [0.15, 0.2) is 23.8 Å². The Labute approximate surface area is 124 Å². The molecule has 1 aliphatic rings. The molecular formula is C15H19ClN2O2. The maximum absolute atomic E-state index is 11.1. The van der Waals surface area contributed by atoms with Gasteiger partial charge in [-0.2, -0.15) is 0 Å². The molecule has 1 aromatic rings. The summed E-state index contributed by atoms with van der Waals surface area (Å²) in [5.41, 5.74) is 1.78. The van der Waals surface area contributed by atoms with Gasteiger partial charge in [0.15, 0.2) is 0 Å². The summed E-state index contributed by atoms with van der Waals surface area (Å²) in [7, 11) is 0. The molecule has 108 valence electrons. The molecule has 1 aliphatic heterocycles. The highest BCUT2D eigenvalue weighted by Crippen LogP contribution is 2.31. The van der Waals surface area contributed by atoms with Gasteiger partial charge in [-0.1, -0.05) is 44.0 Å². The molecule has 0 atom stereocenters. The summed E-state index contributed by atoms with van der Waals surface area (Å²) in [6, 6.07) is 2.94. The fourth-order valence-electron chi connectivity index (χ4n) is 2.33. The van der Waals surface area contributed by atoms with Gasteiger partial charge < -0.3 is 10.0 Å². The molecule has 0 aromatic carbocycles. The van der Waals surface area contributed by atoms with Crippen LogP contribution in [0.2, 0.25) is 5.15 Å². The summed E-state index contributed by atoms with van der Waals surface area (Å²) in [5.74, 6) is -0.363. The van der Waals surface area contributed by atoms with E-state index in [1.54, 1.807) is 6.07 Å². The highest BCUT2D eigenvalue weighted by atomic mass is 35.5. The molecule has 20 heavy (non-hydrogen) atoms. The second kappa shape index (κ2) is 5.44. The van der Waals surface area contributed by atoms with E-state index in [9.17, 15) is 4.79 Å². The van der Waals surface area contributed by atoms with Gasteiger partial charge in [0, 0.05) is 13.1 Å². The average molecular weight is 295 g/mol. The molecule has 0 aliphatic carbocycles. The minimum Gasteiger partial charge on any atom is -0.478 e. The molecule has 1 N–H and O–H groups in total. The van der Waals surface area contributed by atoms with Gasteiger partial charge in [-0.15, -0.1) is 0 Å². The first-order chi connectivity index (χ1) is 9.27. The predicted octanol–water partition coefficient (Wildman–Crippen LogP) is 3.62. The monoisotopic (exact) mass is 294 g/mol. The number of carboxylic acids is 1. The number of hydrogen-bond donors (Lipinski definition) is 1. The highest BCUT2D eigenvalue weighted by Gasteiger charge is 2.22. The first-order valence-electron chi connectivity index (χ1n) is 6.63. The van der Waals surface area contributed by atoms with E-state index >= 15 is 0 Å². The molecule has 0 unspecified atom stereocenters. The Bertz CT molecular complexity index is 561. The van der Waals surface area contributed by atoms with Crippen LogP contribution in [0.1, 0.15) is 37.6 Å². The fourth-order valence-corrected chi connectivity index (χ4v) is 2.53. The van der Waals surface area contributed by atoms with Crippen LogP contribution in [0, 0.1) is 5.41 Å². The van der Waals surface area contributed by atoms with Crippen molar-refractivity contribution in [2.75, 3.05) is 18.0 Å². The molecule has 1 aromatic heterocycles. The molecule has 2 rings (SSSR count). The number of aromatic carboxylic acids is 1. The minimum atomic E-state index is -0.988. The number of carbonyl (C=O) groups is 1. The van der Waals surface area contributed by atoms with Crippen molar-refractivity contribution < 1.29 is 9.90 Å².